The fourth-order valence-corrected chi connectivity index (χ4v) is 3.50. The molecule has 0 spiro atoms. The lowest BCUT2D eigenvalue weighted by Gasteiger charge is -2.36. The highest BCUT2D eigenvalue weighted by Gasteiger charge is 2.38. The number of hydrogen-bond acceptors (Lipinski definition) is 3. The quantitative estimate of drug-likeness (QED) is 0.871. The molecule has 3 rings (SSSR count). The molecule has 1 aromatic heterocycles. The molecule has 1 aliphatic rings. The molecule has 21 heavy (non-hydrogen) atoms. The molecule has 1 fully saturated rings. The van der Waals surface area contributed by atoms with Gasteiger partial charge in [-0.2, -0.15) is 0 Å². The molecule has 110 valence electrons. The third-order valence-corrected chi connectivity index (χ3v) is 4.64. The van der Waals surface area contributed by atoms with E-state index in [4.69, 9.17) is 0 Å². The lowest BCUT2D eigenvalue weighted by atomic mass is 9.70. The Hall–Kier alpha value is -1.74. The van der Waals surface area contributed by atoms with Gasteiger partial charge in [-0.1, -0.05) is 19.4 Å². The molecule has 0 saturated carbocycles. The number of nitrogens with one attached hydrogen (secondary N) is 1. The number of carbonyl (C=O) groups is 1. The smallest absolute Gasteiger partial charge is 0.169 e. The topological polar surface area (TPSA) is 42.0 Å². The van der Waals surface area contributed by atoms with Crippen LogP contribution in [0.2, 0.25) is 0 Å². The van der Waals surface area contributed by atoms with Crippen molar-refractivity contribution in [3.8, 4) is 0 Å². The minimum absolute atomic E-state index is 0.171. The Kier molecular flexibility index (Phi) is 4.02. The van der Waals surface area contributed by atoms with Gasteiger partial charge in [0.2, 0.25) is 0 Å². The molecule has 1 N–H and O–H groups in total. The number of Topliss-reactive ketones (excluding diaryl/α,β-unsaturated/α-hetero) is 1. The molecule has 0 aliphatic carbocycles. The third-order valence-electron chi connectivity index (χ3n) is 4.64. The predicted octanol–water partition coefficient (Wildman–Crippen LogP) is 3.59. The summed E-state index contributed by atoms with van der Waals surface area (Å²) in [5.74, 6) is 0.316. The van der Waals surface area contributed by atoms with Crippen LogP contribution in [-0.2, 0) is 0 Å². The second-order valence-corrected chi connectivity index (χ2v) is 6.02. The van der Waals surface area contributed by atoms with Gasteiger partial charge >= 0.3 is 0 Å². The standard InChI is InChI=1S/C18H22N2O/c1-2-7-18(8-11-19-12-9-18)17(21)15-5-6-16-14(13-15)4-3-10-20-16/h3-6,10,13,19H,2,7-9,11-12H2,1H3. The van der Waals surface area contributed by atoms with Crippen molar-refractivity contribution in [3.63, 3.8) is 0 Å². The van der Waals surface area contributed by atoms with E-state index < -0.39 is 0 Å². The first-order valence-corrected chi connectivity index (χ1v) is 7.85. The molecule has 2 aromatic rings. The minimum Gasteiger partial charge on any atom is -0.317 e. The predicted molar refractivity (Wildman–Crippen MR) is 85.5 cm³/mol. The van der Waals surface area contributed by atoms with Gasteiger partial charge in [0.15, 0.2) is 5.78 Å². The maximum absolute atomic E-state index is 13.1. The van der Waals surface area contributed by atoms with Gasteiger partial charge in [0.05, 0.1) is 5.52 Å². The van der Waals surface area contributed by atoms with Crippen molar-refractivity contribution in [1.29, 1.82) is 0 Å². The van der Waals surface area contributed by atoms with Crippen molar-refractivity contribution in [2.75, 3.05) is 13.1 Å². The highest BCUT2D eigenvalue weighted by atomic mass is 16.1. The normalized spacial score (nSPS) is 17.8. The number of ketones is 1. The van der Waals surface area contributed by atoms with Crippen LogP contribution >= 0.6 is 0 Å². The van der Waals surface area contributed by atoms with Crippen molar-refractivity contribution in [3.05, 3.63) is 42.1 Å². The number of benzene rings is 1. The van der Waals surface area contributed by atoms with E-state index in [1.807, 2.05) is 30.3 Å². The SMILES string of the molecule is CCCC1(C(=O)c2ccc3ncccc3c2)CCNCC1. The summed E-state index contributed by atoms with van der Waals surface area (Å²) in [6, 6.07) is 9.85. The highest BCUT2D eigenvalue weighted by Crippen LogP contribution is 2.37. The Morgan fingerprint density at radius 3 is 2.86 bits per heavy atom. The summed E-state index contributed by atoms with van der Waals surface area (Å²) in [5, 5.41) is 4.42. The van der Waals surface area contributed by atoms with E-state index in [1.165, 1.54) is 0 Å². The Morgan fingerprint density at radius 1 is 1.29 bits per heavy atom. The van der Waals surface area contributed by atoms with E-state index in [2.05, 4.69) is 17.2 Å². The summed E-state index contributed by atoms with van der Waals surface area (Å²) in [4.78, 5) is 17.4. The fourth-order valence-electron chi connectivity index (χ4n) is 3.50. The molecule has 3 nitrogen and oxygen atoms in total. The number of fused-ring (bicyclic) bond motifs is 1. The summed E-state index contributed by atoms with van der Waals surface area (Å²) >= 11 is 0. The van der Waals surface area contributed by atoms with Gasteiger partial charge < -0.3 is 5.32 Å². The van der Waals surface area contributed by atoms with Gasteiger partial charge in [-0.15, -0.1) is 0 Å². The van der Waals surface area contributed by atoms with Gasteiger partial charge in [-0.3, -0.25) is 9.78 Å². The van der Waals surface area contributed by atoms with Crippen LogP contribution in [0.5, 0.6) is 0 Å². The molecule has 2 heterocycles. The highest BCUT2D eigenvalue weighted by molar-refractivity contribution is 6.03. The number of hydrogen-bond donors (Lipinski definition) is 1. The third kappa shape index (κ3) is 2.70. The lowest BCUT2D eigenvalue weighted by Crippen LogP contribution is -2.42. The van der Waals surface area contributed by atoms with Crippen molar-refractivity contribution in [2.45, 2.75) is 32.6 Å². The second kappa shape index (κ2) is 5.94. The fraction of sp³-hybridized carbons (Fsp3) is 0.444. The average Bonchev–Trinajstić information content (AvgIpc) is 2.55. The molecule has 1 aromatic carbocycles. The van der Waals surface area contributed by atoms with Gasteiger partial charge in [0.1, 0.15) is 0 Å². The monoisotopic (exact) mass is 282 g/mol. The number of aromatic nitrogens is 1. The zero-order valence-corrected chi connectivity index (χ0v) is 12.6. The summed E-state index contributed by atoms with van der Waals surface area (Å²) < 4.78 is 0. The van der Waals surface area contributed by atoms with Crippen LogP contribution in [0.15, 0.2) is 36.5 Å². The molecule has 0 unspecified atom stereocenters. The average molecular weight is 282 g/mol. The Labute approximate surface area is 125 Å². The van der Waals surface area contributed by atoms with Crippen LogP contribution in [-0.4, -0.2) is 23.9 Å². The first kappa shape index (κ1) is 14.2. The van der Waals surface area contributed by atoms with Crippen LogP contribution < -0.4 is 5.32 Å². The maximum atomic E-state index is 13.1. The first-order chi connectivity index (χ1) is 10.2. The van der Waals surface area contributed by atoms with Crippen LogP contribution in [0.3, 0.4) is 0 Å². The molecular formula is C18H22N2O. The van der Waals surface area contributed by atoms with Crippen LogP contribution in [0, 0.1) is 5.41 Å². The van der Waals surface area contributed by atoms with Crippen LogP contribution in [0.1, 0.15) is 43.0 Å². The zero-order chi connectivity index (χ0) is 14.7. The van der Waals surface area contributed by atoms with E-state index in [0.717, 1.165) is 55.2 Å². The van der Waals surface area contributed by atoms with E-state index >= 15 is 0 Å². The Balaban J connectivity index is 1.97. The Morgan fingerprint density at radius 2 is 2.10 bits per heavy atom. The van der Waals surface area contributed by atoms with Crippen molar-refractivity contribution < 1.29 is 4.79 Å². The lowest BCUT2D eigenvalue weighted by molar-refractivity contribution is 0.0704. The van der Waals surface area contributed by atoms with Crippen molar-refractivity contribution in [2.24, 2.45) is 5.41 Å². The molecular weight excluding hydrogens is 260 g/mol. The number of piperidine rings is 1. The molecule has 3 heteroatoms. The largest absolute Gasteiger partial charge is 0.317 e. The minimum atomic E-state index is -0.171. The molecule has 0 atom stereocenters. The molecule has 0 radical (unpaired) electrons. The molecule has 1 saturated heterocycles. The molecule has 1 aliphatic heterocycles. The molecule has 0 bridgehead atoms. The van der Waals surface area contributed by atoms with Crippen molar-refractivity contribution >= 4 is 16.7 Å². The van der Waals surface area contributed by atoms with E-state index in [9.17, 15) is 4.79 Å². The summed E-state index contributed by atoms with van der Waals surface area (Å²) in [6.45, 7) is 4.06. The van der Waals surface area contributed by atoms with Gasteiger partial charge in [0.25, 0.3) is 0 Å². The van der Waals surface area contributed by atoms with Gasteiger partial charge in [-0.25, -0.2) is 0 Å². The van der Waals surface area contributed by atoms with Crippen LogP contribution in [0.4, 0.5) is 0 Å². The first-order valence-electron chi connectivity index (χ1n) is 7.85. The number of carbonyl (C=O) groups excluding carboxylic acids is 1. The number of rotatable bonds is 4. The second-order valence-electron chi connectivity index (χ2n) is 6.02. The summed E-state index contributed by atoms with van der Waals surface area (Å²) in [5.41, 5.74) is 1.62. The summed E-state index contributed by atoms with van der Waals surface area (Å²) in [6.07, 6.45) is 5.73. The van der Waals surface area contributed by atoms with E-state index in [1.54, 1.807) is 6.20 Å². The van der Waals surface area contributed by atoms with Gasteiger partial charge in [0, 0.05) is 22.6 Å². The van der Waals surface area contributed by atoms with Gasteiger partial charge in [-0.05, 0) is 56.6 Å². The summed E-state index contributed by atoms with van der Waals surface area (Å²) in [7, 11) is 0. The number of nitrogens with zero attached hydrogens (tertiary/aromatic N) is 1. The Bertz CT molecular complexity index is 639. The zero-order valence-electron chi connectivity index (χ0n) is 12.6. The molecule has 0 amide bonds. The van der Waals surface area contributed by atoms with Crippen LogP contribution in [0.25, 0.3) is 10.9 Å². The maximum Gasteiger partial charge on any atom is 0.169 e. The van der Waals surface area contributed by atoms with E-state index in [0.29, 0.717) is 5.78 Å². The van der Waals surface area contributed by atoms with Crippen molar-refractivity contribution in [1.82, 2.24) is 10.3 Å². The van der Waals surface area contributed by atoms with E-state index in [-0.39, 0.29) is 5.41 Å². The number of pyridine rings is 1.